The number of rotatable bonds is 6. The zero-order valence-electron chi connectivity index (χ0n) is 15.2. The SMILES string of the molecule is COc1cc(Br)cc(C=NNC(=O)CC(=O)Nc2ccc(C)c(C)c2)c1O. The predicted molar refractivity (Wildman–Crippen MR) is 107 cm³/mol. The van der Waals surface area contributed by atoms with Crippen molar-refractivity contribution in [2.45, 2.75) is 20.3 Å². The molecule has 7 nitrogen and oxygen atoms in total. The molecule has 2 aromatic rings. The number of aryl methyl sites for hydroxylation is 2. The Hall–Kier alpha value is -2.87. The molecule has 0 saturated carbocycles. The number of ether oxygens (including phenoxy) is 1. The Morgan fingerprint density at radius 2 is 1.93 bits per heavy atom. The van der Waals surface area contributed by atoms with Gasteiger partial charge in [-0.1, -0.05) is 22.0 Å². The Bertz CT molecular complexity index is 897. The van der Waals surface area contributed by atoms with Crippen LogP contribution in [0.25, 0.3) is 0 Å². The van der Waals surface area contributed by atoms with Gasteiger partial charge in [0.05, 0.1) is 13.3 Å². The first-order chi connectivity index (χ1) is 12.8. The summed E-state index contributed by atoms with van der Waals surface area (Å²) in [6.45, 7) is 3.92. The van der Waals surface area contributed by atoms with E-state index in [2.05, 4.69) is 31.8 Å². The fourth-order valence-corrected chi connectivity index (χ4v) is 2.69. The van der Waals surface area contributed by atoms with Crippen molar-refractivity contribution in [3.63, 3.8) is 0 Å². The van der Waals surface area contributed by atoms with E-state index in [0.717, 1.165) is 11.1 Å². The molecule has 0 radical (unpaired) electrons. The highest BCUT2D eigenvalue weighted by Gasteiger charge is 2.11. The van der Waals surface area contributed by atoms with E-state index in [1.165, 1.54) is 13.3 Å². The van der Waals surface area contributed by atoms with E-state index in [9.17, 15) is 14.7 Å². The number of carbonyl (C=O) groups excluding carboxylic acids is 2. The third-order valence-electron chi connectivity index (χ3n) is 3.79. The maximum atomic E-state index is 11.9. The number of halogens is 1. The van der Waals surface area contributed by atoms with Gasteiger partial charge in [0.2, 0.25) is 11.8 Å². The standard InChI is InChI=1S/C19H20BrN3O4/c1-11-4-5-15(6-12(11)2)22-17(24)9-18(25)23-21-10-13-7-14(20)8-16(27-3)19(13)26/h4-8,10,26H,9H2,1-3H3,(H,22,24)(H,23,25). The first kappa shape index (κ1) is 20.4. The largest absolute Gasteiger partial charge is 0.504 e. The first-order valence-corrected chi connectivity index (χ1v) is 8.85. The third-order valence-corrected chi connectivity index (χ3v) is 4.25. The summed E-state index contributed by atoms with van der Waals surface area (Å²) in [5, 5.41) is 16.4. The van der Waals surface area contributed by atoms with E-state index >= 15 is 0 Å². The van der Waals surface area contributed by atoms with Crippen LogP contribution in [0.1, 0.15) is 23.1 Å². The molecule has 0 bridgehead atoms. The minimum absolute atomic E-state index is 0.105. The number of anilines is 1. The molecule has 27 heavy (non-hydrogen) atoms. The van der Waals surface area contributed by atoms with E-state index in [0.29, 0.717) is 15.7 Å². The molecule has 8 heteroatoms. The number of benzene rings is 2. The van der Waals surface area contributed by atoms with Crippen LogP contribution in [0.5, 0.6) is 11.5 Å². The molecule has 0 unspecified atom stereocenters. The van der Waals surface area contributed by atoms with Crippen molar-refractivity contribution in [1.82, 2.24) is 5.43 Å². The molecule has 0 aromatic heterocycles. The second-order valence-electron chi connectivity index (χ2n) is 5.86. The van der Waals surface area contributed by atoms with E-state index in [1.54, 1.807) is 18.2 Å². The molecule has 142 valence electrons. The average Bonchev–Trinajstić information content (AvgIpc) is 2.60. The van der Waals surface area contributed by atoms with Gasteiger partial charge in [-0.2, -0.15) is 5.10 Å². The van der Waals surface area contributed by atoms with E-state index in [4.69, 9.17) is 4.74 Å². The van der Waals surface area contributed by atoms with Crippen LogP contribution in [-0.4, -0.2) is 30.2 Å². The lowest BCUT2D eigenvalue weighted by Crippen LogP contribution is -2.24. The van der Waals surface area contributed by atoms with Crippen LogP contribution >= 0.6 is 15.9 Å². The number of hydrazone groups is 1. The number of phenols is 1. The Morgan fingerprint density at radius 1 is 1.19 bits per heavy atom. The molecule has 0 atom stereocenters. The number of phenolic OH excluding ortho intramolecular Hbond substituents is 1. The zero-order chi connectivity index (χ0) is 20.0. The summed E-state index contributed by atoms with van der Waals surface area (Å²) < 4.78 is 5.72. The number of hydrogen-bond donors (Lipinski definition) is 3. The molecule has 0 heterocycles. The second kappa shape index (κ2) is 9.18. The van der Waals surface area contributed by atoms with Crippen LogP contribution in [-0.2, 0) is 9.59 Å². The van der Waals surface area contributed by atoms with Gasteiger partial charge < -0.3 is 15.2 Å². The van der Waals surface area contributed by atoms with Crippen LogP contribution in [0.15, 0.2) is 39.9 Å². The normalized spacial score (nSPS) is 10.7. The van der Waals surface area contributed by atoms with Crippen molar-refractivity contribution in [1.29, 1.82) is 0 Å². The summed E-state index contributed by atoms with van der Waals surface area (Å²) in [5.41, 5.74) is 5.40. The van der Waals surface area contributed by atoms with Crippen LogP contribution < -0.4 is 15.5 Å². The number of aromatic hydroxyl groups is 1. The minimum atomic E-state index is -0.575. The van der Waals surface area contributed by atoms with Crippen molar-refractivity contribution < 1.29 is 19.4 Å². The van der Waals surface area contributed by atoms with Crippen LogP contribution in [0, 0.1) is 13.8 Å². The summed E-state index contributed by atoms with van der Waals surface area (Å²) in [6, 6.07) is 8.73. The highest BCUT2D eigenvalue weighted by atomic mass is 79.9. The van der Waals surface area contributed by atoms with Gasteiger partial charge in [0.25, 0.3) is 0 Å². The lowest BCUT2D eigenvalue weighted by molar-refractivity contribution is -0.126. The van der Waals surface area contributed by atoms with Crippen molar-refractivity contribution in [2.24, 2.45) is 5.10 Å². The zero-order valence-corrected chi connectivity index (χ0v) is 16.8. The maximum absolute atomic E-state index is 11.9. The molecule has 2 aromatic carbocycles. The quantitative estimate of drug-likeness (QED) is 0.369. The molecular weight excluding hydrogens is 414 g/mol. The van der Waals surface area contributed by atoms with Crippen molar-refractivity contribution in [2.75, 3.05) is 12.4 Å². The highest BCUT2D eigenvalue weighted by Crippen LogP contribution is 2.32. The fourth-order valence-electron chi connectivity index (χ4n) is 2.23. The Balaban J connectivity index is 1.92. The second-order valence-corrected chi connectivity index (χ2v) is 6.78. The van der Waals surface area contributed by atoms with Gasteiger partial charge in [-0.25, -0.2) is 5.43 Å². The Kier molecular flexibility index (Phi) is 6.95. The van der Waals surface area contributed by atoms with Crippen molar-refractivity contribution in [3.8, 4) is 11.5 Å². The molecular formula is C19H20BrN3O4. The van der Waals surface area contributed by atoms with Crippen LogP contribution in [0.2, 0.25) is 0 Å². The lowest BCUT2D eigenvalue weighted by Gasteiger charge is -2.07. The summed E-state index contributed by atoms with van der Waals surface area (Å²) in [4.78, 5) is 23.8. The Labute approximate surface area is 165 Å². The third kappa shape index (κ3) is 5.82. The molecule has 3 N–H and O–H groups in total. The van der Waals surface area contributed by atoms with Gasteiger partial charge in [0.1, 0.15) is 6.42 Å². The number of hydrogen-bond acceptors (Lipinski definition) is 5. The number of nitrogens with one attached hydrogen (secondary N) is 2. The number of amides is 2. The van der Waals surface area contributed by atoms with E-state index in [1.807, 2.05) is 26.0 Å². The number of nitrogens with zero attached hydrogens (tertiary/aromatic N) is 1. The van der Waals surface area contributed by atoms with Gasteiger partial charge in [-0.05, 0) is 49.2 Å². The van der Waals surface area contributed by atoms with Crippen LogP contribution in [0.4, 0.5) is 5.69 Å². The van der Waals surface area contributed by atoms with Gasteiger partial charge >= 0.3 is 0 Å². The molecule has 0 aliphatic heterocycles. The first-order valence-electron chi connectivity index (χ1n) is 8.05. The van der Waals surface area contributed by atoms with Gasteiger partial charge in [-0.3, -0.25) is 9.59 Å². The summed E-state index contributed by atoms with van der Waals surface area (Å²) >= 11 is 3.29. The van der Waals surface area contributed by atoms with Gasteiger partial charge in [-0.15, -0.1) is 0 Å². The summed E-state index contributed by atoms with van der Waals surface area (Å²) in [5.74, 6) is -0.858. The summed E-state index contributed by atoms with van der Waals surface area (Å²) in [7, 11) is 1.43. The average molecular weight is 434 g/mol. The Morgan fingerprint density at radius 3 is 2.59 bits per heavy atom. The molecule has 0 saturated heterocycles. The summed E-state index contributed by atoms with van der Waals surface area (Å²) in [6.07, 6.45) is 0.889. The van der Waals surface area contributed by atoms with E-state index < -0.39 is 11.8 Å². The molecule has 0 aliphatic rings. The molecule has 0 aliphatic carbocycles. The fraction of sp³-hybridized carbons (Fsp3) is 0.211. The van der Waals surface area contributed by atoms with Gasteiger partial charge in [0.15, 0.2) is 11.5 Å². The topological polar surface area (TPSA) is 100 Å². The predicted octanol–water partition coefficient (Wildman–Crippen LogP) is 3.26. The number of methoxy groups -OCH3 is 1. The van der Waals surface area contributed by atoms with E-state index in [-0.39, 0.29) is 17.9 Å². The smallest absolute Gasteiger partial charge is 0.249 e. The molecule has 0 spiro atoms. The lowest BCUT2D eigenvalue weighted by atomic mass is 10.1. The van der Waals surface area contributed by atoms with Crippen LogP contribution in [0.3, 0.4) is 0 Å². The molecule has 0 fully saturated rings. The highest BCUT2D eigenvalue weighted by molar-refractivity contribution is 9.10. The maximum Gasteiger partial charge on any atom is 0.249 e. The monoisotopic (exact) mass is 433 g/mol. The minimum Gasteiger partial charge on any atom is -0.504 e. The van der Waals surface area contributed by atoms with Crippen molar-refractivity contribution >= 4 is 39.6 Å². The van der Waals surface area contributed by atoms with Gasteiger partial charge in [0, 0.05) is 15.7 Å². The molecule has 2 amide bonds. The van der Waals surface area contributed by atoms with Crippen molar-refractivity contribution in [3.05, 3.63) is 51.5 Å². The number of carbonyl (C=O) groups is 2. The molecule has 2 rings (SSSR count).